The van der Waals surface area contributed by atoms with Gasteiger partial charge in [-0.25, -0.2) is 8.42 Å². The van der Waals surface area contributed by atoms with E-state index in [1.807, 2.05) is 0 Å². The number of aromatic nitrogens is 2. The molecule has 2 aromatic heterocycles. The van der Waals surface area contributed by atoms with Crippen LogP contribution in [0.15, 0.2) is 10.6 Å². The van der Waals surface area contributed by atoms with Gasteiger partial charge in [-0.3, -0.25) is 0 Å². The quantitative estimate of drug-likeness (QED) is 0.716. The molecular weight excluding hydrogens is 400 g/mol. The monoisotopic (exact) mass is 407 g/mol. The molecule has 3 heterocycles. The summed E-state index contributed by atoms with van der Waals surface area (Å²) in [5.41, 5.74) is -4.88. The van der Waals surface area contributed by atoms with Gasteiger partial charge in [-0.1, -0.05) is 5.16 Å². The first-order chi connectivity index (χ1) is 11.4. The summed E-state index contributed by atoms with van der Waals surface area (Å²) in [5.74, 6) is -1.91. The van der Waals surface area contributed by atoms with Gasteiger partial charge in [0.2, 0.25) is 5.82 Å². The molecule has 0 spiro atoms. The number of sulfonamides is 1. The van der Waals surface area contributed by atoms with Crippen LogP contribution < -0.4 is 0 Å². The highest BCUT2D eigenvalue weighted by molar-refractivity contribution is 7.89. The van der Waals surface area contributed by atoms with E-state index in [9.17, 15) is 34.8 Å². The normalized spacial score (nSPS) is 16.9. The standard InChI is InChI=1S/C11H7F6N3O3S2/c12-10(13,14)9-18-8(19-23-9)6-3-5-1-2-20(4-7(5)24-6)25(21,22)11(15,16)17/h3H,1-2,4H2. The highest BCUT2D eigenvalue weighted by Gasteiger charge is 2.50. The second-order valence-corrected chi connectivity index (χ2v) is 8.08. The number of halogens is 6. The summed E-state index contributed by atoms with van der Waals surface area (Å²) in [4.78, 5) is 3.63. The zero-order valence-electron chi connectivity index (χ0n) is 11.8. The minimum atomic E-state index is -5.47. The number of hydrogen-bond acceptors (Lipinski definition) is 6. The van der Waals surface area contributed by atoms with E-state index in [0.29, 0.717) is 5.56 Å². The van der Waals surface area contributed by atoms with Crippen LogP contribution in [0.2, 0.25) is 0 Å². The largest absolute Gasteiger partial charge is 0.511 e. The molecule has 1 aliphatic rings. The summed E-state index contributed by atoms with van der Waals surface area (Å²) < 4.78 is 103. The Labute approximate surface area is 140 Å². The Hall–Kier alpha value is -1.67. The Bertz CT molecular complexity index is 899. The van der Waals surface area contributed by atoms with Crippen LogP contribution in [0.3, 0.4) is 0 Å². The second kappa shape index (κ2) is 5.67. The van der Waals surface area contributed by atoms with E-state index in [1.165, 1.54) is 6.07 Å². The van der Waals surface area contributed by atoms with Crippen LogP contribution in [-0.2, 0) is 29.2 Å². The topological polar surface area (TPSA) is 76.3 Å². The molecule has 6 nitrogen and oxygen atoms in total. The molecule has 0 saturated heterocycles. The Morgan fingerprint density at radius 3 is 2.44 bits per heavy atom. The highest BCUT2D eigenvalue weighted by Crippen LogP contribution is 2.38. The average Bonchev–Trinajstić information content (AvgIpc) is 3.11. The van der Waals surface area contributed by atoms with Gasteiger partial charge in [-0.15, -0.1) is 11.3 Å². The summed E-state index contributed by atoms with van der Waals surface area (Å²) in [6, 6.07) is 1.42. The smallest absolute Gasteiger partial charge is 0.329 e. The van der Waals surface area contributed by atoms with Crippen molar-refractivity contribution in [3.63, 3.8) is 0 Å². The van der Waals surface area contributed by atoms with Gasteiger partial charge in [0.1, 0.15) is 0 Å². The van der Waals surface area contributed by atoms with Crippen molar-refractivity contribution in [2.24, 2.45) is 0 Å². The number of thiophene rings is 1. The first-order valence-electron chi connectivity index (χ1n) is 6.49. The maximum atomic E-state index is 12.6. The Morgan fingerprint density at radius 2 is 1.88 bits per heavy atom. The number of alkyl halides is 6. The summed E-state index contributed by atoms with van der Waals surface area (Å²) >= 11 is 0.817. The lowest BCUT2D eigenvalue weighted by molar-refractivity contribution is -0.159. The van der Waals surface area contributed by atoms with Crippen molar-refractivity contribution < 1.29 is 39.3 Å². The van der Waals surface area contributed by atoms with Gasteiger partial charge < -0.3 is 4.52 Å². The molecule has 0 saturated carbocycles. The molecule has 0 fully saturated rings. The van der Waals surface area contributed by atoms with Gasteiger partial charge in [-0.2, -0.15) is 35.6 Å². The molecule has 0 bridgehead atoms. The molecule has 0 unspecified atom stereocenters. The summed E-state index contributed by atoms with van der Waals surface area (Å²) in [6.07, 6.45) is -4.83. The van der Waals surface area contributed by atoms with Crippen molar-refractivity contribution >= 4 is 21.4 Å². The van der Waals surface area contributed by atoms with Crippen LogP contribution in [0.4, 0.5) is 26.3 Å². The molecule has 0 aromatic carbocycles. The lowest BCUT2D eigenvalue weighted by Gasteiger charge is -2.26. The number of nitrogens with zero attached hydrogens (tertiary/aromatic N) is 3. The lowest BCUT2D eigenvalue weighted by atomic mass is 10.1. The molecule has 1 aliphatic heterocycles. The average molecular weight is 407 g/mol. The fourth-order valence-electron chi connectivity index (χ4n) is 2.20. The molecule has 0 atom stereocenters. The van der Waals surface area contributed by atoms with Gasteiger partial charge in [0, 0.05) is 18.0 Å². The van der Waals surface area contributed by atoms with Crippen molar-refractivity contribution in [2.75, 3.05) is 6.54 Å². The molecule has 138 valence electrons. The molecule has 0 radical (unpaired) electrons. The summed E-state index contributed by atoms with van der Waals surface area (Å²) in [7, 11) is -5.47. The maximum absolute atomic E-state index is 12.6. The molecular formula is C11H7F6N3O3S2. The van der Waals surface area contributed by atoms with E-state index in [2.05, 4.69) is 14.7 Å². The molecule has 14 heteroatoms. The van der Waals surface area contributed by atoms with Gasteiger partial charge in [0.25, 0.3) is 0 Å². The minimum absolute atomic E-state index is 0.00881. The van der Waals surface area contributed by atoms with Crippen LogP contribution in [0.5, 0.6) is 0 Å². The van der Waals surface area contributed by atoms with Crippen LogP contribution in [0, 0.1) is 0 Å². The van der Waals surface area contributed by atoms with Gasteiger partial charge in [0.05, 0.1) is 4.88 Å². The molecule has 0 amide bonds. The number of hydrogen-bond donors (Lipinski definition) is 0. The summed E-state index contributed by atoms with van der Waals surface area (Å²) in [6.45, 7) is -0.906. The van der Waals surface area contributed by atoms with Gasteiger partial charge in [-0.05, 0) is 18.1 Å². The zero-order chi connectivity index (χ0) is 18.6. The number of rotatable bonds is 2. The number of fused-ring (bicyclic) bond motifs is 1. The van der Waals surface area contributed by atoms with Crippen molar-refractivity contribution in [3.8, 4) is 10.7 Å². The third-order valence-electron chi connectivity index (χ3n) is 3.37. The van der Waals surface area contributed by atoms with E-state index in [0.717, 1.165) is 11.3 Å². The fourth-order valence-corrected chi connectivity index (χ4v) is 4.36. The predicted molar refractivity (Wildman–Crippen MR) is 71.7 cm³/mol. The summed E-state index contributed by atoms with van der Waals surface area (Å²) in [5, 5.41) is 3.20. The zero-order valence-corrected chi connectivity index (χ0v) is 13.5. The van der Waals surface area contributed by atoms with E-state index in [4.69, 9.17) is 0 Å². The third kappa shape index (κ3) is 3.25. The molecule has 0 aliphatic carbocycles. The molecule has 3 rings (SSSR count). The Kier molecular flexibility index (Phi) is 4.11. The first-order valence-corrected chi connectivity index (χ1v) is 8.74. The first kappa shape index (κ1) is 18.1. The van der Waals surface area contributed by atoms with Crippen molar-refractivity contribution in [1.82, 2.24) is 14.4 Å². The van der Waals surface area contributed by atoms with Crippen LogP contribution in [0.1, 0.15) is 16.3 Å². The van der Waals surface area contributed by atoms with Crippen molar-refractivity contribution in [3.05, 3.63) is 22.4 Å². The van der Waals surface area contributed by atoms with Gasteiger partial charge >= 0.3 is 27.6 Å². The molecule has 0 N–H and O–H groups in total. The Morgan fingerprint density at radius 1 is 1.20 bits per heavy atom. The third-order valence-corrected chi connectivity index (χ3v) is 6.10. The Balaban J connectivity index is 1.88. The second-order valence-electron chi connectivity index (χ2n) is 5.01. The fraction of sp³-hybridized carbons (Fsp3) is 0.455. The van der Waals surface area contributed by atoms with E-state index < -0.39 is 34.1 Å². The van der Waals surface area contributed by atoms with Crippen LogP contribution in [-0.4, -0.2) is 34.9 Å². The van der Waals surface area contributed by atoms with Crippen LogP contribution in [0.25, 0.3) is 10.7 Å². The maximum Gasteiger partial charge on any atom is 0.511 e. The highest BCUT2D eigenvalue weighted by atomic mass is 32.2. The van der Waals surface area contributed by atoms with Crippen molar-refractivity contribution in [1.29, 1.82) is 0 Å². The van der Waals surface area contributed by atoms with E-state index in [-0.39, 0.29) is 32.8 Å². The van der Waals surface area contributed by atoms with Gasteiger partial charge in [0.15, 0.2) is 0 Å². The van der Waals surface area contributed by atoms with E-state index in [1.54, 1.807) is 0 Å². The van der Waals surface area contributed by atoms with Crippen LogP contribution >= 0.6 is 11.3 Å². The predicted octanol–water partition coefficient (Wildman–Crippen LogP) is 3.02. The molecule has 25 heavy (non-hydrogen) atoms. The van der Waals surface area contributed by atoms with E-state index >= 15 is 0 Å². The SMILES string of the molecule is O=S(=O)(N1CCc2cc(-c3noc(C(F)(F)F)n3)sc2C1)C(F)(F)F. The lowest BCUT2D eigenvalue weighted by Crippen LogP contribution is -2.42. The molecule has 2 aromatic rings. The van der Waals surface area contributed by atoms with Crippen molar-refractivity contribution in [2.45, 2.75) is 24.7 Å². The minimum Gasteiger partial charge on any atom is -0.329 e.